The molecule has 1 amide bonds. The van der Waals surface area contributed by atoms with Gasteiger partial charge in [-0.1, -0.05) is 36.4 Å². The van der Waals surface area contributed by atoms with Gasteiger partial charge in [0.05, 0.1) is 38.5 Å². The first-order valence-corrected chi connectivity index (χ1v) is 13.5. The highest BCUT2D eigenvalue weighted by atomic mass is 79.9. The Kier molecular flexibility index (Phi) is 9.62. The second-order valence-electron chi connectivity index (χ2n) is 10.4. The van der Waals surface area contributed by atoms with Crippen LogP contribution >= 0.6 is 0 Å². The maximum atomic E-state index is 14.8. The van der Waals surface area contributed by atoms with Crippen molar-refractivity contribution in [3.63, 3.8) is 0 Å². The number of quaternary nitrogens is 1. The van der Waals surface area contributed by atoms with Crippen LogP contribution in [0.2, 0.25) is 0 Å². The molecule has 0 radical (unpaired) electrons. The van der Waals surface area contributed by atoms with Crippen molar-refractivity contribution >= 4 is 11.8 Å². The molecule has 6 rings (SSSR count). The summed E-state index contributed by atoms with van der Waals surface area (Å²) in [7, 11) is 0. The number of ether oxygens (including phenoxy) is 2. The number of benzene rings is 3. The number of amides is 1. The normalized spacial score (nSPS) is 21.6. The van der Waals surface area contributed by atoms with Crippen molar-refractivity contribution in [2.45, 2.75) is 38.8 Å². The molecule has 5 nitrogen and oxygen atoms in total. The van der Waals surface area contributed by atoms with Crippen LogP contribution in [-0.4, -0.2) is 49.5 Å². The highest BCUT2D eigenvalue weighted by Gasteiger charge is 2.47. The Morgan fingerprint density at radius 1 is 0.949 bits per heavy atom. The minimum Gasteiger partial charge on any atom is -1.00 e. The summed E-state index contributed by atoms with van der Waals surface area (Å²) < 4.78 is 40.8. The number of anilines is 1. The Labute approximate surface area is 239 Å². The van der Waals surface area contributed by atoms with E-state index in [0.717, 1.165) is 55.7 Å². The van der Waals surface area contributed by atoms with Crippen LogP contribution in [0.25, 0.3) is 0 Å². The van der Waals surface area contributed by atoms with E-state index in [2.05, 4.69) is 12.1 Å². The van der Waals surface area contributed by atoms with Crippen LogP contribution in [0.4, 0.5) is 19.3 Å². The van der Waals surface area contributed by atoms with Crippen molar-refractivity contribution in [2.75, 3.05) is 37.7 Å². The van der Waals surface area contributed by atoms with Crippen molar-refractivity contribution in [3.8, 4) is 5.75 Å². The summed E-state index contributed by atoms with van der Waals surface area (Å²) in [5, 5.41) is 0. The summed E-state index contributed by atoms with van der Waals surface area (Å²) in [6.07, 6.45) is 2.19. The van der Waals surface area contributed by atoms with E-state index in [4.69, 9.17) is 9.47 Å². The van der Waals surface area contributed by atoms with Gasteiger partial charge in [0.2, 0.25) is 0 Å². The second kappa shape index (κ2) is 12.9. The van der Waals surface area contributed by atoms with Gasteiger partial charge in [0.15, 0.2) is 6.10 Å². The van der Waals surface area contributed by atoms with Crippen LogP contribution in [0.15, 0.2) is 72.8 Å². The number of hydrogen-bond acceptors (Lipinski definition) is 3. The molecule has 0 spiro atoms. The van der Waals surface area contributed by atoms with Gasteiger partial charge in [-0.25, -0.2) is 13.6 Å². The number of hydrogen-bond donors (Lipinski definition) is 0. The van der Waals surface area contributed by atoms with Gasteiger partial charge in [-0.15, -0.1) is 0 Å². The molecule has 3 aromatic rings. The van der Waals surface area contributed by atoms with Crippen molar-refractivity contribution in [3.05, 3.63) is 95.6 Å². The van der Waals surface area contributed by atoms with Gasteiger partial charge < -0.3 is 30.9 Å². The molecule has 3 aliphatic heterocycles. The van der Waals surface area contributed by atoms with Gasteiger partial charge in [0.25, 0.3) is 0 Å². The summed E-state index contributed by atoms with van der Waals surface area (Å²) in [6, 6.07) is 20.4. The minimum atomic E-state index is -0.567. The Morgan fingerprint density at radius 3 is 2.28 bits per heavy atom. The molecule has 0 aromatic heterocycles. The van der Waals surface area contributed by atoms with Crippen LogP contribution in [0.5, 0.6) is 5.75 Å². The van der Waals surface area contributed by atoms with Crippen molar-refractivity contribution < 1.29 is 44.5 Å². The molecule has 1 atom stereocenters. The molecule has 3 heterocycles. The zero-order chi connectivity index (χ0) is 26.5. The van der Waals surface area contributed by atoms with E-state index in [9.17, 15) is 13.6 Å². The molecule has 3 aromatic carbocycles. The lowest BCUT2D eigenvalue weighted by Crippen LogP contribution is -3.00. The Morgan fingerprint density at radius 2 is 1.62 bits per heavy atom. The molecular weight excluding hydrogens is 566 g/mol. The summed E-state index contributed by atoms with van der Waals surface area (Å²) >= 11 is 0. The third-order valence-electron chi connectivity index (χ3n) is 8.02. The topological polar surface area (TPSA) is 38.8 Å². The van der Waals surface area contributed by atoms with E-state index >= 15 is 0 Å². The van der Waals surface area contributed by atoms with E-state index in [0.29, 0.717) is 18.1 Å². The first-order valence-electron chi connectivity index (χ1n) is 13.5. The first-order chi connectivity index (χ1) is 18.4. The summed E-state index contributed by atoms with van der Waals surface area (Å²) in [4.78, 5) is 14.8. The minimum absolute atomic E-state index is 0. The molecule has 0 N–H and O–H groups in total. The highest BCUT2D eigenvalue weighted by molar-refractivity contribution is 5.87. The standard InChI is InChI=1S/C31H35F2N2O3.BrH/c1-2-37-27-13-9-23(10-14-27)15-18-35-19-16-25(17-20-35)30(22-35)38-31(36)34(29-6-4-3-5-28(29)33)21-24-7-11-26(32)12-8-24;/h3-14,25,30H,2,15-22H2,1H3;1H/q+1;/p-1/t25?,30-,35?;/m0./s1. The first kappa shape index (κ1) is 29.0. The molecule has 208 valence electrons. The van der Waals surface area contributed by atoms with Crippen LogP contribution in [0.1, 0.15) is 30.9 Å². The second-order valence-corrected chi connectivity index (χ2v) is 10.4. The number of rotatable bonds is 9. The lowest BCUT2D eigenvalue weighted by atomic mass is 9.83. The molecule has 0 aliphatic carbocycles. The van der Waals surface area contributed by atoms with Gasteiger partial charge in [-0.05, 0) is 54.4 Å². The molecule has 3 saturated heterocycles. The van der Waals surface area contributed by atoms with Gasteiger partial charge in [0, 0.05) is 25.2 Å². The molecule has 39 heavy (non-hydrogen) atoms. The number of fused-ring (bicyclic) bond motifs is 3. The average Bonchev–Trinajstić information content (AvgIpc) is 2.94. The van der Waals surface area contributed by atoms with Crippen LogP contribution in [0.3, 0.4) is 0 Å². The molecule has 0 saturated carbocycles. The molecule has 0 unspecified atom stereocenters. The van der Waals surface area contributed by atoms with Crippen molar-refractivity contribution in [1.82, 2.24) is 0 Å². The third-order valence-corrected chi connectivity index (χ3v) is 8.02. The van der Waals surface area contributed by atoms with Crippen molar-refractivity contribution in [1.29, 1.82) is 0 Å². The average molecular weight is 602 g/mol. The summed E-state index contributed by atoms with van der Waals surface area (Å²) in [5.74, 6) is 0.339. The predicted molar refractivity (Wildman–Crippen MR) is 143 cm³/mol. The Balaban J connectivity index is 0.00000353. The third kappa shape index (κ3) is 6.97. The molecule has 3 aliphatic rings. The number of carbonyl (C=O) groups is 1. The number of halogens is 3. The largest absolute Gasteiger partial charge is 1.00 e. The molecule has 8 heteroatoms. The zero-order valence-corrected chi connectivity index (χ0v) is 23.8. The monoisotopic (exact) mass is 600 g/mol. The maximum absolute atomic E-state index is 14.8. The van der Waals surface area contributed by atoms with E-state index in [1.807, 2.05) is 19.1 Å². The van der Waals surface area contributed by atoms with Gasteiger partial charge in [-0.2, -0.15) is 0 Å². The van der Waals surface area contributed by atoms with Crippen molar-refractivity contribution in [2.24, 2.45) is 5.92 Å². The van der Waals surface area contributed by atoms with Crippen LogP contribution in [-0.2, 0) is 17.7 Å². The van der Waals surface area contributed by atoms with Crippen LogP contribution < -0.4 is 26.6 Å². The summed E-state index contributed by atoms with van der Waals surface area (Å²) in [6.45, 7) is 6.65. The van der Waals surface area contributed by atoms with Gasteiger partial charge in [0.1, 0.15) is 23.9 Å². The lowest BCUT2D eigenvalue weighted by Gasteiger charge is -2.52. The number of piperidine rings is 3. The Bertz CT molecular complexity index is 1230. The fourth-order valence-electron chi connectivity index (χ4n) is 5.84. The SMILES string of the molecule is CCOc1ccc(CC[N+]23CCC(CC2)[C@@H](OC(=O)N(Cc2ccc(F)cc2)c2ccccc2F)C3)cc1.[Br-]. The van der Waals surface area contributed by atoms with E-state index < -0.39 is 11.9 Å². The fourth-order valence-corrected chi connectivity index (χ4v) is 5.84. The van der Waals surface area contributed by atoms with E-state index in [-0.39, 0.29) is 41.1 Å². The van der Waals surface area contributed by atoms with E-state index in [1.165, 1.54) is 28.7 Å². The predicted octanol–water partition coefficient (Wildman–Crippen LogP) is 3.36. The smallest absolute Gasteiger partial charge is 0.415 e. The maximum Gasteiger partial charge on any atom is 0.415 e. The number of para-hydroxylation sites is 1. The molecule has 3 fully saturated rings. The zero-order valence-electron chi connectivity index (χ0n) is 22.2. The number of carbonyl (C=O) groups excluding carboxylic acids is 1. The van der Waals surface area contributed by atoms with Gasteiger partial charge >= 0.3 is 6.09 Å². The number of nitrogens with zero attached hydrogens (tertiary/aromatic N) is 2. The van der Waals surface area contributed by atoms with Crippen LogP contribution in [0, 0.1) is 17.6 Å². The fraction of sp³-hybridized carbons (Fsp3) is 0.387. The lowest BCUT2D eigenvalue weighted by molar-refractivity contribution is -0.945. The molecular formula is C31H35BrF2N2O3. The highest BCUT2D eigenvalue weighted by Crippen LogP contribution is 2.36. The van der Waals surface area contributed by atoms with Gasteiger partial charge in [-0.3, -0.25) is 4.90 Å². The summed E-state index contributed by atoms with van der Waals surface area (Å²) in [5.41, 5.74) is 2.12. The Hall–Kier alpha value is -2.97. The quantitative estimate of drug-likeness (QED) is 0.354. The molecule has 2 bridgehead atoms. The van der Waals surface area contributed by atoms with E-state index in [1.54, 1.807) is 30.3 Å².